The first kappa shape index (κ1) is 16.0. The highest BCUT2D eigenvalue weighted by molar-refractivity contribution is 9.10. The molecule has 1 aliphatic heterocycles. The number of aryl methyl sites for hydroxylation is 1. The lowest BCUT2D eigenvalue weighted by Crippen LogP contribution is -2.45. The zero-order valence-corrected chi connectivity index (χ0v) is 14.4. The summed E-state index contributed by atoms with van der Waals surface area (Å²) in [4.78, 5) is 37.5. The van der Waals surface area contributed by atoms with E-state index in [1.54, 1.807) is 4.90 Å². The van der Waals surface area contributed by atoms with E-state index in [4.69, 9.17) is 0 Å². The Labute approximate surface area is 142 Å². The van der Waals surface area contributed by atoms with Crippen LogP contribution in [0.25, 0.3) is 0 Å². The molecular formula is C16H18BrN3O3. The molecule has 0 spiro atoms. The number of nitrogens with one attached hydrogen (secondary N) is 2. The van der Waals surface area contributed by atoms with Crippen molar-refractivity contribution in [3.05, 3.63) is 28.2 Å². The highest BCUT2D eigenvalue weighted by Gasteiger charge is 2.36. The molecule has 1 aliphatic carbocycles. The molecular weight excluding hydrogens is 362 g/mol. The number of hydrazine groups is 1. The minimum absolute atomic E-state index is 0.0303. The Kier molecular flexibility index (Phi) is 4.39. The summed E-state index contributed by atoms with van der Waals surface area (Å²) in [5, 5.41) is 0. The first-order valence-corrected chi connectivity index (χ1v) is 8.41. The van der Waals surface area contributed by atoms with Crippen molar-refractivity contribution in [2.24, 2.45) is 11.8 Å². The van der Waals surface area contributed by atoms with E-state index < -0.39 is 5.92 Å². The Bertz CT molecular complexity index is 673. The maximum atomic E-state index is 12.2. The van der Waals surface area contributed by atoms with Crippen molar-refractivity contribution in [1.29, 1.82) is 0 Å². The normalized spacial score (nSPS) is 20.5. The van der Waals surface area contributed by atoms with E-state index in [1.807, 2.05) is 25.1 Å². The number of nitrogens with zero attached hydrogens (tertiary/aromatic N) is 1. The number of carbonyl (C=O) groups excluding carboxylic acids is 3. The third-order valence-corrected chi connectivity index (χ3v) is 5.10. The standard InChI is InChI=1S/C16H18BrN3O3/c1-9-6-12(4-5-13(9)17)20-8-11(7-14(20)21)16(23)19-18-15(22)10-2-3-10/h4-6,10-11H,2-3,7-8H2,1H3,(H,18,22)(H,19,23). The van der Waals surface area contributed by atoms with E-state index in [0.29, 0.717) is 6.54 Å². The number of rotatable bonds is 3. The van der Waals surface area contributed by atoms with Crippen LogP contribution in [0.5, 0.6) is 0 Å². The minimum Gasteiger partial charge on any atom is -0.312 e. The van der Waals surface area contributed by atoms with E-state index >= 15 is 0 Å². The van der Waals surface area contributed by atoms with Crippen LogP contribution in [0, 0.1) is 18.8 Å². The second-order valence-electron chi connectivity index (χ2n) is 6.09. The molecule has 1 atom stereocenters. The van der Waals surface area contributed by atoms with Crippen molar-refractivity contribution in [3.8, 4) is 0 Å². The summed E-state index contributed by atoms with van der Waals surface area (Å²) in [5.74, 6) is -0.971. The van der Waals surface area contributed by atoms with Crippen molar-refractivity contribution in [3.63, 3.8) is 0 Å². The fourth-order valence-corrected chi connectivity index (χ4v) is 2.85. The lowest BCUT2D eigenvalue weighted by atomic mass is 10.1. The Morgan fingerprint density at radius 1 is 1.17 bits per heavy atom. The molecule has 23 heavy (non-hydrogen) atoms. The molecule has 0 radical (unpaired) electrons. The Morgan fingerprint density at radius 2 is 1.83 bits per heavy atom. The fourth-order valence-electron chi connectivity index (χ4n) is 2.60. The summed E-state index contributed by atoms with van der Waals surface area (Å²) in [6, 6.07) is 5.66. The zero-order chi connectivity index (χ0) is 16.6. The molecule has 1 aromatic rings. The SMILES string of the molecule is Cc1cc(N2CC(C(=O)NNC(=O)C3CC3)CC2=O)ccc1Br. The van der Waals surface area contributed by atoms with Crippen molar-refractivity contribution in [2.75, 3.05) is 11.4 Å². The van der Waals surface area contributed by atoms with Gasteiger partial charge >= 0.3 is 0 Å². The maximum absolute atomic E-state index is 12.2. The quantitative estimate of drug-likeness (QED) is 0.784. The van der Waals surface area contributed by atoms with Crippen LogP contribution in [0.1, 0.15) is 24.8 Å². The van der Waals surface area contributed by atoms with Crippen molar-refractivity contribution < 1.29 is 14.4 Å². The Hall–Kier alpha value is -1.89. The molecule has 1 unspecified atom stereocenters. The number of hydrogen-bond donors (Lipinski definition) is 2. The topological polar surface area (TPSA) is 78.5 Å². The number of carbonyl (C=O) groups is 3. The van der Waals surface area contributed by atoms with Gasteiger partial charge in [0, 0.05) is 29.0 Å². The van der Waals surface area contributed by atoms with Crippen molar-refractivity contribution in [1.82, 2.24) is 10.9 Å². The molecule has 1 saturated carbocycles. The van der Waals surface area contributed by atoms with Gasteiger partial charge in [-0.25, -0.2) is 0 Å². The van der Waals surface area contributed by atoms with Crippen LogP contribution in [-0.4, -0.2) is 24.3 Å². The van der Waals surface area contributed by atoms with Crippen molar-refractivity contribution >= 4 is 39.3 Å². The third-order valence-electron chi connectivity index (χ3n) is 4.21. The summed E-state index contributed by atoms with van der Waals surface area (Å²) >= 11 is 3.43. The second kappa shape index (κ2) is 6.31. The van der Waals surface area contributed by atoms with E-state index in [9.17, 15) is 14.4 Å². The van der Waals surface area contributed by atoms with Gasteiger partial charge in [-0.2, -0.15) is 0 Å². The largest absolute Gasteiger partial charge is 0.312 e. The van der Waals surface area contributed by atoms with Crippen LogP contribution in [0.4, 0.5) is 5.69 Å². The summed E-state index contributed by atoms with van der Waals surface area (Å²) in [6.07, 6.45) is 1.90. The van der Waals surface area contributed by atoms with Crippen LogP contribution in [0.15, 0.2) is 22.7 Å². The predicted molar refractivity (Wildman–Crippen MR) is 88.3 cm³/mol. The molecule has 0 aromatic heterocycles. The summed E-state index contributed by atoms with van der Waals surface area (Å²) in [6.45, 7) is 2.27. The predicted octanol–water partition coefficient (Wildman–Crippen LogP) is 1.67. The molecule has 3 amide bonds. The van der Waals surface area contributed by atoms with Gasteiger partial charge in [0.1, 0.15) is 0 Å². The smallest absolute Gasteiger partial charge is 0.243 e. The van der Waals surface area contributed by atoms with E-state index in [0.717, 1.165) is 28.6 Å². The number of benzene rings is 1. The third kappa shape index (κ3) is 3.55. The first-order valence-electron chi connectivity index (χ1n) is 7.62. The van der Waals surface area contributed by atoms with Crippen LogP contribution in [0.3, 0.4) is 0 Å². The molecule has 1 heterocycles. The molecule has 0 bridgehead atoms. The molecule has 6 nitrogen and oxygen atoms in total. The monoisotopic (exact) mass is 379 g/mol. The van der Waals surface area contributed by atoms with Crippen molar-refractivity contribution in [2.45, 2.75) is 26.2 Å². The zero-order valence-electron chi connectivity index (χ0n) is 12.8. The Balaban J connectivity index is 1.60. The Morgan fingerprint density at radius 3 is 2.43 bits per heavy atom. The fraction of sp³-hybridized carbons (Fsp3) is 0.438. The van der Waals surface area contributed by atoms with E-state index in [2.05, 4.69) is 26.8 Å². The highest BCUT2D eigenvalue weighted by Crippen LogP contribution is 2.29. The van der Waals surface area contributed by atoms with Gasteiger partial charge in [0.25, 0.3) is 0 Å². The average Bonchev–Trinajstić information content (AvgIpc) is 3.30. The molecule has 3 rings (SSSR count). The second-order valence-corrected chi connectivity index (χ2v) is 6.95. The van der Waals surface area contributed by atoms with Gasteiger partial charge in [0.2, 0.25) is 17.7 Å². The van der Waals surface area contributed by atoms with Gasteiger partial charge in [-0.1, -0.05) is 15.9 Å². The minimum atomic E-state index is -0.453. The van der Waals surface area contributed by atoms with Gasteiger partial charge in [-0.15, -0.1) is 0 Å². The maximum Gasteiger partial charge on any atom is 0.243 e. The van der Waals surface area contributed by atoms with Gasteiger partial charge in [0.05, 0.1) is 5.92 Å². The van der Waals surface area contributed by atoms with Gasteiger partial charge in [-0.3, -0.25) is 25.2 Å². The van der Waals surface area contributed by atoms with Gasteiger partial charge in [0.15, 0.2) is 0 Å². The number of hydrogen-bond acceptors (Lipinski definition) is 3. The van der Waals surface area contributed by atoms with Crippen LogP contribution < -0.4 is 15.8 Å². The highest BCUT2D eigenvalue weighted by atomic mass is 79.9. The summed E-state index contributed by atoms with van der Waals surface area (Å²) in [7, 11) is 0. The lowest BCUT2D eigenvalue weighted by Gasteiger charge is -2.17. The molecule has 1 saturated heterocycles. The van der Waals surface area contributed by atoms with Crippen LogP contribution >= 0.6 is 15.9 Å². The van der Waals surface area contributed by atoms with E-state index in [1.165, 1.54) is 0 Å². The molecule has 2 N–H and O–H groups in total. The molecule has 122 valence electrons. The first-order chi connectivity index (χ1) is 11.0. The molecule has 2 aliphatic rings. The molecule has 1 aromatic carbocycles. The summed E-state index contributed by atoms with van der Waals surface area (Å²) in [5.41, 5.74) is 6.68. The van der Waals surface area contributed by atoms with Crippen LogP contribution in [-0.2, 0) is 14.4 Å². The van der Waals surface area contributed by atoms with Crippen LogP contribution in [0.2, 0.25) is 0 Å². The average molecular weight is 380 g/mol. The molecule has 7 heteroatoms. The number of anilines is 1. The van der Waals surface area contributed by atoms with E-state index in [-0.39, 0.29) is 30.1 Å². The number of halogens is 1. The lowest BCUT2D eigenvalue weighted by molar-refractivity contribution is -0.131. The van der Waals surface area contributed by atoms with Gasteiger partial charge in [-0.05, 0) is 43.5 Å². The van der Waals surface area contributed by atoms with Gasteiger partial charge < -0.3 is 4.90 Å². The number of amides is 3. The summed E-state index contributed by atoms with van der Waals surface area (Å²) < 4.78 is 0.977. The molecule has 2 fully saturated rings.